The number of hydrogen-bond acceptors (Lipinski definition) is 15. The summed E-state index contributed by atoms with van der Waals surface area (Å²) in [4.78, 5) is 72.3. The van der Waals surface area contributed by atoms with Crippen LogP contribution in [0.5, 0.6) is 0 Å². The summed E-state index contributed by atoms with van der Waals surface area (Å²) in [5.74, 6) is 0.708. The van der Waals surface area contributed by atoms with Gasteiger partial charge in [0.1, 0.15) is 19.3 Å². The molecule has 19 heteroatoms. The largest absolute Gasteiger partial charge is 0.472 e. The summed E-state index contributed by atoms with van der Waals surface area (Å²) in [6, 6.07) is 0. The predicted octanol–water partition coefficient (Wildman–Crippen LogP) is 19.3. The smallest absolute Gasteiger partial charge is 0.462 e. The zero-order valence-electron chi connectivity index (χ0n) is 57.3. The summed E-state index contributed by atoms with van der Waals surface area (Å²) >= 11 is 0. The summed E-state index contributed by atoms with van der Waals surface area (Å²) in [6.45, 7) is 13.9. The van der Waals surface area contributed by atoms with Crippen LogP contribution in [0.3, 0.4) is 0 Å². The predicted molar refractivity (Wildman–Crippen MR) is 354 cm³/mol. The van der Waals surface area contributed by atoms with Gasteiger partial charge in [-0.15, -0.1) is 0 Å². The highest BCUT2D eigenvalue weighted by molar-refractivity contribution is 7.47. The molecule has 0 bridgehead atoms. The van der Waals surface area contributed by atoms with E-state index in [-0.39, 0.29) is 25.7 Å². The first-order valence-corrected chi connectivity index (χ1v) is 38.7. The van der Waals surface area contributed by atoms with Gasteiger partial charge in [0.25, 0.3) is 0 Å². The molecule has 522 valence electrons. The Labute approximate surface area is 537 Å². The van der Waals surface area contributed by atoms with E-state index in [0.29, 0.717) is 43.4 Å². The number of phosphoric acid groups is 2. The van der Waals surface area contributed by atoms with Gasteiger partial charge in [0.15, 0.2) is 12.2 Å². The molecule has 0 rings (SSSR count). The molecule has 0 aliphatic heterocycles. The molecule has 5 atom stereocenters. The van der Waals surface area contributed by atoms with Crippen molar-refractivity contribution < 1.29 is 80.2 Å². The number of ether oxygens (including phenoxy) is 4. The molecule has 0 saturated carbocycles. The number of hydrogen-bond donors (Lipinski definition) is 3. The van der Waals surface area contributed by atoms with Crippen molar-refractivity contribution in [1.29, 1.82) is 0 Å². The third-order valence-electron chi connectivity index (χ3n) is 15.8. The van der Waals surface area contributed by atoms with Crippen molar-refractivity contribution in [3.63, 3.8) is 0 Å². The van der Waals surface area contributed by atoms with Crippen molar-refractivity contribution in [3.05, 3.63) is 0 Å². The van der Waals surface area contributed by atoms with Crippen LogP contribution in [0.15, 0.2) is 0 Å². The van der Waals surface area contributed by atoms with Crippen LogP contribution in [-0.4, -0.2) is 96.7 Å². The fraction of sp³-hybridized carbons (Fsp3) is 0.942. The van der Waals surface area contributed by atoms with Gasteiger partial charge >= 0.3 is 39.5 Å². The highest BCUT2D eigenvalue weighted by atomic mass is 31.2. The van der Waals surface area contributed by atoms with E-state index in [1.807, 2.05) is 0 Å². The lowest BCUT2D eigenvalue weighted by molar-refractivity contribution is -0.161. The van der Waals surface area contributed by atoms with Gasteiger partial charge in [-0.05, 0) is 49.4 Å². The quantitative estimate of drug-likeness (QED) is 0.0222. The molecule has 0 saturated heterocycles. The molecule has 0 fully saturated rings. The topological polar surface area (TPSA) is 237 Å². The number of carbonyl (C=O) groups is 4. The zero-order valence-corrected chi connectivity index (χ0v) is 59.1. The Bertz CT molecular complexity index is 1750. The summed E-state index contributed by atoms with van der Waals surface area (Å²) in [5, 5.41) is 10.5. The van der Waals surface area contributed by atoms with Gasteiger partial charge in [-0.3, -0.25) is 37.3 Å². The molecule has 3 N–H and O–H groups in total. The Morgan fingerprint density at radius 3 is 0.705 bits per heavy atom. The molecule has 0 spiro atoms. The summed E-state index contributed by atoms with van der Waals surface area (Å²) in [6.07, 6.45) is 41.0. The van der Waals surface area contributed by atoms with Crippen molar-refractivity contribution in [1.82, 2.24) is 0 Å². The van der Waals surface area contributed by atoms with E-state index in [1.54, 1.807) is 0 Å². The van der Waals surface area contributed by atoms with Crippen molar-refractivity contribution in [2.75, 3.05) is 39.6 Å². The highest BCUT2D eigenvalue weighted by Gasteiger charge is 2.30. The fourth-order valence-electron chi connectivity index (χ4n) is 10.3. The van der Waals surface area contributed by atoms with Gasteiger partial charge in [-0.1, -0.05) is 287 Å². The van der Waals surface area contributed by atoms with Crippen molar-refractivity contribution in [2.24, 2.45) is 23.7 Å². The van der Waals surface area contributed by atoms with Crippen LogP contribution >= 0.6 is 15.6 Å². The molecule has 0 aromatic carbocycles. The third kappa shape index (κ3) is 62.8. The fourth-order valence-corrected chi connectivity index (χ4v) is 11.9. The SMILES string of the molecule is CC(C)CCCCCCCCCCCCCCCCCCCCC(=O)O[C@H](COC(=O)CCCCCCCCC(C)C)COP(=O)(O)OC[C@@H](O)COP(=O)(O)OC[C@@H](COC(=O)CCCCCCCCC(C)C)OC(=O)CCCCCCCCC(C)C. The minimum Gasteiger partial charge on any atom is -0.462 e. The van der Waals surface area contributed by atoms with Crippen molar-refractivity contribution in [2.45, 2.75) is 356 Å². The second-order valence-corrected chi connectivity index (χ2v) is 29.7. The van der Waals surface area contributed by atoms with E-state index >= 15 is 0 Å². The number of carbonyl (C=O) groups excluding carboxylic acids is 4. The first-order valence-electron chi connectivity index (χ1n) is 35.7. The van der Waals surface area contributed by atoms with Crippen LogP contribution in [0.2, 0.25) is 0 Å². The molecule has 2 unspecified atom stereocenters. The molecule has 17 nitrogen and oxygen atoms in total. The average Bonchev–Trinajstić information content (AvgIpc) is 3.60. The second-order valence-electron chi connectivity index (χ2n) is 26.8. The van der Waals surface area contributed by atoms with Crippen LogP contribution in [0.25, 0.3) is 0 Å². The average molecular weight is 1300 g/mol. The number of rotatable bonds is 66. The highest BCUT2D eigenvalue weighted by Crippen LogP contribution is 2.45. The molecule has 88 heavy (non-hydrogen) atoms. The Kier molecular flexibility index (Phi) is 57.6. The molecule has 0 aliphatic carbocycles. The maximum atomic E-state index is 13.0. The number of unbranched alkanes of at least 4 members (excludes halogenated alkanes) is 32. The molecule has 0 radical (unpaired) electrons. The van der Waals surface area contributed by atoms with E-state index < -0.39 is 97.5 Å². The number of phosphoric ester groups is 2. The molecule has 0 aromatic heterocycles. The van der Waals surface area contributed by atoms with E-state index in [4.69, 9.17) is 37.0 Å². The Morgan fingerprint density at radius 2 is 0.477 bits per heavy atom. The van der Waals surface area contributed by atoms with E-state index in [0.717, 1.165) is 109 Å². The zero-order chi connectivity index (χ0) is 65.4. The van der Waals surface area contributed by atoms with Crippen LogP contribution in [-0.2, 0) is 65.4 Å². The van der Waals surface area contributed by atoms with Gasteiger partial charge in [0, 0.05) is 25.7 Å². The first-order chi connectivity index (χ1) is 42.1. The summed E-state index contributed by atoms with van der Waals surface area (Å²) < 4.78 is 68.1. The molecule has 0 aromatic rings. The maximum Gasteiger partial charge on any atom is 0.472 e. The number of aliphatic hydroxyl groups is 1. The second kappa shape index (κ2) is 58.8. The lowest BCUT2D eigenvalue weighted by Gasteiger charge is -2.21. The minimum absolute atomic E-state index is 0.100. The van der Waals surface area contributed by atoms with Gasteiger partial charge in [0.05, 0.1) is 26.4 Å². The Balaban J connectivity index is 5.12. The number of aliphatic hydroxyl groups excluding tert-OH is 1. The molecule has 0 heterocycles. The molecule has 0 aliphatic rings. The van der Waals surface area contributed by atoms with Crippen LogP contribution in [0.4, 0.5) is 0 Å². The van der Waals surface area contributed by atoms with Gasteiger partial charge in [-0.2, -0.15) is 0 Å². The molecule has 0 amide bonds. The van der Waals surface area contributed by atoms with Gasteiger partial charge in [0.2, 0.25) is 0 Å². The maximum absolute atomic E-state index is 13.0. The van der Waals surface area contributed by atoms with Crippen molar-refractivity contribution >= 4 is 39.5 Å². The minimum atomic E-state index is -4.95. The molecular weight excluding hydrogens is 1160 g/mol. The summed E-state index contributed by atoms with van der Waals surface area (Å²) in [5.41, 5.74) is 0. The van der Waals surface area contributed by atoms with Crippen LogP contribution < -0.4 is 0 Å². The standard InChI is InChI=1S/C69H134O17P2/c1-59(2)45-37-29-21-19-17-15-13-11-9-10-12-14-16-18-20-22-35-43-51-68(73)85-64(55-79-66(71)49-41-33-26-23-30-38-46-60(3)4)57-83-87(75,76)81-53-63(70)54-82-88(77,78)84-58-65(86-69(74)52-44-36-28-25-32-40-48-62(7)8)56-80-67(72)50-42-34-27-24-31-39-47-61(5)6/h59-65,70H,9-58H2,1-8H3,(H,75,76)(H,77,78)/t63-,64-,65-/m1/s1. The lowest BCUT2D eigenvalue weighted by atomic mass is 10.0. The molecular formula is C69H134O17P2. The van der Waals surface area contributed by atoms with Gasteiger partial charge < -0.3 is 33.8 Å². The van der Waals surface area contributed by atoms with E-state index in [1.165, 1.54) is 128 Å². The number of esters is 4. The van der Waals surface area contributed by atoms with Crippen LogP contribution in [0.1, 0.15) is 338 Å². The monoisotopic (exact) mass is 1300 g/mol. The Hall–Kier alpha value is -1.94. The van der Waals surface area contributed by atoms with Crippen molar-refractivity contribution in [3.8, 4) is 0 Å². The summed E-state index contributed by atoms with van der Waals surface area (Å²) in [7, 11) is -9.89. The van der Waals surface area contributed by atoms with E-state index in [9.17, 15) is 43.2 Å². The van der Waals surface area contributed by atoms with E-state index in [2.05, 4.69) is 55.4 Å². The normalized spacial score (nSPS) is 14.3. The van der Waals surface area contributed by atoms with Crippen LogP contribution in [0, 0.1) is 23.7 Å². The third-order valence-corrected chi connectivity index (χ3v) is 17.7. The van der Waals surface area contributed by atoms with Gasteiger partial charge in [-0.25, -0.2) is 9.13 Å². The first kappa shape index (κ1) is 86.1. The Morgan fingerprint density at radius 1 is 0.284 bits per heavy atom. The lowest BCUT2D eigenvalue weighted by Crippen LogP contribution is -2.30.